The van der Waals surface area contributed by atoms with Gasteiger partial charge in [-0.25, -0.2) is 8.42 Å². The predicted molar refractivity (Wildman–Crippen MR) is 190 cm³/mol. The minimum Gasteiger partial charge on any atom is -0.352 e. The number of benzene rings is 4. The fraction of sp³-hybridized carbons (Fsp3) is 0.333. The molecule has 0 aliphatic carbocycles. The minimum atomic E-state index is -4.15. The minimum absolute atomic E-state index is 0.0874. The highest BCUT2D eigenvalue weighted by Crippen LogP contribution is 2.27. The van der Waals surface area contributed by atoms with Gasteiger partial charge in [0.15, 0.2) is 0 Å². The Balaban J connectivity index is 1.82. The number of nitrogens with one attached hydrogen (secondary N) is 1. The van der Waals surface area contributed by atoms with Crippen LogP contribution in [-0.2, 0) is 32.6 Å². The van der Waals surface area contributed by atoms with Crippen molar-refractivity contribution in [3.05, 3.63) is 131 Å². The van der Waals surface area contributed by atoms with Gasteiger partial charge >= 0.3 is 0 Å². The Labute approximate surface area is 280 Å². The number of carbonyl (C=O) groups excluding carboxylic acids is 2. The van der Waals surface area contributed by atoms with Crippen LogP contribution in [-0.4, -0.2) is 43.8 Å². The number of carbonyl (C=O) groups is 2. The third-order valence-electron chi connectivity index (χ3n) is 8.44. The number of nitrogens with zero attached hydrogens (tertiary/aromatic N) is 2. The Morgan fingerprint density at radius 3 is 2.00 bits per heavy atom. The number of amides is 2. The second-order valence-electron chi connectivity index (χ2n) is 12.6. The number of anilines is 1. The van der Waals surface area contributed by atoms with Crippen LogP contribution in [0.4, 0.5) is 5.69 Å². The second-order valence-corrected chi connectivity index (χ2v) is 14.5. The van der Waals surface area contributed by atoms with E-state index in [2.05, 4.69) is 19.2 Å². The maximum atomic E-state index is 14.7. The van der Waals surface area contributed by atoms with Crippen molar-refractivity contribution in [2.24, 2.45) is 0 Å². The Bertz CT molecular complexity index is 1740. The van der Waals surface area contributed by atoms with E-state index in [4.69, 9.17) is 0 Å². The van der Waals surface area contributed by atoms with E-state index in [-0.39, 0.29) is 35.7 Å². The van der Waals surface area contributed by atoms with E-state index in [1.807, 2.05) is 94.4 Å². The van der Waals surface area contributed by atoms with Crippen molar-refractivity contribution in [2.45, 2.75) is 83.8 Å². The molecule has 0 spiro atoms. The van der Waals surface area contributed by atoms with Crippen LogP contribution in [0.25, 0.3) is 0 Å². The molecule has 2 amide bonds. The smallest absolute Gasteiger partial charge is 0.264 e. The molecular weight excluding hydrogens is 607 g/mol. The summed E-state index contributed by atoms with van der Waals surface area (Å²) in [6, 6.07) is 30.3. The summed E-state index contributed by atoms with van der Waals surface area (Å²) in [7, 11) is -4.15. The highest BCUT2D eigenvalue weighted by Gasteiger charge is 2.35. The molecule has 8 heteroatoms. The van der Waals surface area contributed by atoms with Crippen LogP contribution in [0.3, 0.4) is 0 Å². The summed E-state index contributed by atoms with van der Waals surface area (Å²) < 4.78 is 29.7. The van der Waals surface area contributed by atoms with Gasteiger partial charge in [-0.3, -0.25) is 13.9 Å². The number of rotatable bonds is 14. The van der Waals surface area contributed by atoms with Gasteiger partial charge in [-0.05, 0) is 74.1 Å². The molecule has 1 N–H and O–H groups in total. The molecular formula is C39H47N3O4S. The van der Waals surface area contributed by atoms with Crippen molar-refractivity contribution >= 4 is 27.5 Å². The van der Waals surface area contributed by atoms with Crippen molar-refractivity contribution in [3.63, 3.8) is 0 Å². The van der Waals surface area contributed by atoms with Gasteiger partial charge in [0.1, 0.15) is 12.6 Å². The lowest BCUT2D eigenvalue weighted by atomic mass is 10.0. The molecule has 0 saturated carbocycles. The van der Waals surface area contributed by atoms with Gasteiger partial charge in [0.25, 0.3) is 10.0 Å². The van der Waals surface area contributed by atoms with Crippen molar-refractivity contribution in [1.82, 2.24) is 10.2 Å². The molecule has 4 rings (SSSR count). The number of hydrogen-bond donors (Lipinski definition) is 1. The molecule has 0 bridgehead atoms. The van der Waals surface area contributed by atoms with Crippen molar-refractivity contribution in [3.8, 4) is 0 Å². The van der Waals surface area contributed by atoms with E-state index >= 15 is 0 Å². The van der Waals surface area contributed by atoms with Crippen LogP contribution < -0.4 is 9.62 Å². The lowest BCUT2D eigenvalue weighted by Crippen LogP contribution is -2.54. The quantitative estimate of drug-likeness (QED) is 0.156. The summed E-state index contributed by atoms with van der Waals surface area (Å²) in [5.41, 5.74) is 5.12. The van der Waals surface area contributed by atoms with Crippen molar-refractivity contribution in [2.75, 3.05) is 10.8 Å². The molecule has 0 aliphatic heterocycles. The molecule has 4 aromatic carbocycles. The van der Waals surface area contributed by atoms with Gasteiger partial charge < -0.3 is 10.2 Å². The van der Waals surface area contributed by atoms with Crippen molar-refractivity contribution in [1.29, 1.82) is 0 Å². The summed E-state index contributed by atoms with van der Waals surface area (Å²) in [5.74, 6) is -0.505. The first-order valence-electron chi connectivity index (χ1n) is 16.3. The Morgan fingerprint density at radius 2 is 1.40 bits per heavy atom. The second kappa shape index (κ2) is 15.9. The van der Waals surface area contributed by atoms with E-state index in [0.717, 1.165) is 34.2 Å². The molecule has 0 radical (unpaired) electrons. The third-order valence-corrected chi connectivity index (χ3v) is 10.2. The zero-order valence-electron chi connectivity index (χ0n) is 28.3. The molecule has 0 fully saturated rings. The normalized spacial score (nSPS) is 12.7. The van der Waals surface area contributed by atoms with Crippen molar-refractivity contribution < 1.29 is 18.0 Å². The monoisotopic (exact) mass is 653 g/mol. The highest BCUT2D eigenvalue weighted by atomic mass is 32.2. The summed E-state index contributed by atoms with van der Waals surface area (Å²) in [4.78, 5) is 30.3. The van der Waals surface area contributed by atoms with Crippen LogP contribution in [0.5, 0.6) is 0 Å². The Hall–Kier alpha value is -4.43. The molecule has 2 unspecified atom stereocenters. The standard InChI is InChI=1S/C39H47N3O4S/c1-7-31(6)40-39(44)37(25-32-13-9-8-10-14-32)41(26-33-15-11-12-30(5)24-33)38(43)27-42(35-20-18-34(19-21-35)28(2)3)47(45,46)36-22-16-29(4)17-23-36/h8-24,28,31,37H,7,25-27H2,1-6H3,(H,40,44). The molecule has 47 heavy (non-hydrogen) atoms. The van der Waals surface area contributed by atoms with E-state index in [1.165, 1.54) is 4.31 Å². The molecule has 0 aliphatic rings. The van der Waals surface area contributed by atoms with Gasteiger partial charge in [-0.1, -0.05) is 111 Å². The maximum absolute atomic E-state index is 14.7. The lowest BCUT2D eigenvalue weighted by molar-refractivity contribution is -0.140. The van der Waals surface area contributed by atoms with E-state index < -0.39 is 28.5 Å². The van der Waals surface area contributed by atoms with Crippen LogP contribution in [0, 0.1) is 13.8 Å². The SMILES string of the molecule is CCC(C)NC(=O)C(Cc1ccccc1)N(Cc1cccc(C)c1)C(=O)CN(c1ccc(C(C)C)cc1)S(=O)(=O)c1ccc(C)cc1. The van der Waals surface area contributed by atoms with E-state index in [9.17, 15) is 18.0 Å². The van der Waals surface area contributed by atoms with Crippen LogP contribution in [0.15, 0.2) is 108 Å². The average Bonchev–Trinajstić information content (AvgIpc) is 3.05. The van der Waals surface area contributed by atoms with Gasteiger partial charge in [0, 0.05) is 19.0 Å². The summed E-state index contributed by atoms with van der Waals surface area (Å²) in [6.45, 7) is 11.6. The van der Waals surface area contributed by atoms with Crippen LogP contribution in [0.1, 0.15) is 67.9 Å². The zero-order valence-corrected chi connectivity index (χ0v) is 29.1. The first-order valence-corrected chi connectivity index (χ1v) is 17.7. The van der Waals surface area contributed by atoms with Gasteiger partial charge in [-0.2, -0.15) is 0 Å². The molecule has 248 valence electrons. The largest absolute Gasteiger partial charge is 0.352 e. The average molecular weight is 654 g/mol. The number of hydrogen-bond acceptors (Lipinski definition) is 4. The van der Waals surface area contributed by atoms with E-state index in [1.54, 1.807) is 41.3 Å². The highest BCUT2D eigenvalue weighted by molar-refractivity contribution is 7.92. The Morgan fingerprint density at radius 1 is 0.766 bits per heavy atom. The Kier molecular flexibility index (Phi) is 12.0. The fourth-order valence-corrected chi connectivity index (χ4v) is 6.81. The summed E-state index contributed by atoms with van der Waals surface area (Å²) >= 11 is 0. The molecule has 7 nitrogen and oxygen atoms in total. The number of sulfonamides is 1. The zero-order chi connectivity index (χ0) is 34.1. The predicted octanol–water partition coefficient (Wildman–Crippen LogP) is 7.18. The first-order chi connectivity index (χ1) is 22.4. The first kappa shape index (κ1) is 35.4. The van der Waals surface area contributed by atoms with Gasteiger partial charge in [0.05, 0.1) is 10.6 Å². The summed E-state index contributed by atoms with van der Waals surface area (Å²) in [5, 5.41) is 3.08. The topological polar surface area (TPSA) is 86.8 Å². The lowest BCUT2D eigenvalue weighted by Gasteiger charge is -2.34. The van der Waals surface area contributed by atoms with Gasteiger partial charge in [-0.15, -0.1) is 0 Å². The molecule has 0 saturated heterocycles. The molecule has 0 aromatic heterocycles. The van der Waals surface area contributed by atoms with Gasteiger partial charge in [0.2, 0.25) is 11.8 Å². The maximum Gasteiger partial charge on any atom is 0.264 e. The van der Waals surface area contributed by atoms with Crippen LogP contribution in [0.2, 0.25) is 0 Å². The number of aryl methyl sites for hydroxylation is 2. The van der Waals surface area contributed by atoms with E-state index in [0.29, 0.717) is 5.69 Å². The molecule has 4 aromatic rings. The van der Waals surface area contributed by atoms with Crippen LogP contribution >= 0.6 is 0 Å². The molecule has 0 heterocycles. The fourth-order valence-electron chi connectivity index (χ4n) is 5.39. The summed E-state index contributed by atoms with van der Waals surface area (Å²) in [6.07, 6.45) is 0.999. The third kappa shape index (κ3) is 9.32. The molecule has 2 atom stereocenters.